The number of hydrogen-bond donors (Lipinski definition) is 7. The monoisotopic (exact) mass is 2050 g/mol. The Morgan fingerprint density at radius 3 is 1.31 bits per heavy atom. The predicted octanol–water partition coefficient (Wildman–Crippen LogP) is 16.9. The maximum atomic E-state index is 13.9. The molecule has 7 heterocycles. The molecule has 0 unspecified atom stereocenters. The minimum atomic E-state index is -2.79. The van der Waals surface area contributed by atoms with Crippen LogP contribution in [0.4, 0.5) is 14.4 Å². The number of imide groups is 3. The fourth-order valence-electron chi connectivity index (χ4n) is 10.1. The molecule has 6 saturated heterocycles. The van der Waals surface area contributed by atoms with E-state index in [1.165, 1.54) is 6.92 Å². The van der Waals surface area contributed by atoms with E-state index in [-0.39, 0.29) is 82.8 Å². The van der Waals surface area contributed by atoms with Crippen LogP contribution in [0.2, 0.25) is 95.0 Å². The summed E-state index contributed by atoms with van der Waals surface area (Å²) < 4.78 is 219. The molecule has 7 aliphatic rings. The van der Waals surface area contributed by atoms with Crippen molar-refractivity contribution in [3.05, 3.63) is 42.0 Å². The first-order valence-electron chi connectivity index (χ1n) is 56.5. The molecule has 766 valence electrons. The van der Waals surface area contributed by atoms with Crippen LogP contribution in [0.5, 0.6) is 0 Å². The van der Waals surface area contributed by atoms with Crippen molar-refractivity contribution in [1.82, 2.24) is 36.0 Å². The SMILES string of the molecule is [2H]C1=C([12C]([2H])([2H])[2H])C(=O)N[C@@H]1CO[Si](C)(C)C(C)(C)C.[2H][C@@H]1[C@@H](CO[Si](C)(C)C(C)(C)C)N(C(=O)OC(C)(C)C)C(=O)[C@H]1[12C]([2H])([2H])[2H].[2H][C@@H]1[C@H]([2H])C(=O)N(C(=O)OC(C)(C)C)[C@@H]1CO[Si](C)(C)C(C)(C)C.[2H][C@@H]1[C@H]([2H])C(=O)N[C@@H]1C(=O)OCC.[2H][C@@H]1[C@H]([2H])C(=O)N[C@@H]1CO.[2H][C@@H]1[C@H]([2H])C(=O)N[C@@H]1CO[Si](C)(C)C(C)(C)C.[2H][C@H]([C@H]([2H])C(=O)O)[C@@H](C)N.[2H][C@H]1[C@@H](CO[Si](C)(C)C(C)(C)C)N(C(=O)OC(C)(C)C)C(=O)[C@]1([Se]c1ccccc1)[12C]([2H])([2H])[2H]. The summed E-state index contributed by atoms with van der Waals surface area (Å²) in [4.78, 5) is 145. The molecule has 37 heteroatoms. The summed E-state index contributed by atoms with van der Waals surface area (Å²) in [5.74, 6) is -8.04. The Morgan fingerprint density at radius 2 is 0.955 bits per heavy atom. The third-order valence-corrected chi connectivity index (χ3v) is 47.9. The number of likely N-dealkylation sites (tertiary alicyclic amines) is 3. The van der Waals surface area contributed by atoms with Crippen molar-refractivity contribution >= 4 is 133 Å². The number of rotatable bonds is 23. The molecule has 7 aliphatic heterocycles. The molecule has 8 N–H and O–H groups in total. The van der Waals surface area contributed by atoms with Gasteiger partial charge >= 0.3 is 219 Å². The Kier molecular flexibility index (Phi) is 35.3. The molecule has 0 saturated carbocycles. The fourth-order valence-corrected chi connectivity index (χ4v) is 17.4. The molecule has 133 heavy (non-hydrogen) atoms. The summed E-state index contributed by atoms with van der Waals surface area (Å²) >= 11 is -0.936. The van der Waals surface area contributed by atoms with Crippen LogP contribution in [0, 0.1) is 5.92 Å². The van der Waals surface area contributed by atoms with E-state index in [0.717, 1.165) is 14.7 Å². The van der Waals surface area contributed by atoms with Crippen molar-refractivity contribution < 1.29 is 139 Å². The normalized spacial score (nSPS) is 31.0. The molecule has 6 fully saturated rings. The molecule has 8 rings (SSSR count). The number of nitrogens with two attached hydrogens (primary N) is 1. The van der Waals surface area contributed by atoms with Gasteiger partial charge in [0.25, 0.3) is 0 Å². The molecule has 1 aromatic carbocycles. The van der Waals surface area contributed by atoms with Gasteiger partial charge < -0.3 is 69.1 Å². The molecule has 0 radical (unpaired) electrons. The Morgan fingerprint density at radius 1 is 0.549 bits per heavy atom. The number of carbonyl (C=O) groups excluding carboxylic acids is 11. The number of nitrogens with one attached hydrogen (secondary N) is 4. The minimum absolute atomic E-state index is 0.0222. The van der Waals surface area contributed by atoms with Gasteiger partial charge in [-0.2, -0.15) is 0 Å². The fraction of sp³-hybridized carbons (Fsp3) is 0.792. The van der Waals surface area contributed by atoms with Crippen molar-refractivity contribution in [1.29, 1.82) is 0 Å². The van der Waals surface area contributed by atoms with E-state index in [1.54, 1.807) is 99.6 Å². The number of carboxylic acid groups (broad SMARTS) is 1. The van der Waals surface area contributed by atoms with E-state index in [2.05, 4.69) is 148 Å². The second-order valence-electron chi connectivity index (χ2n) is 43.3. The van der Waals surface area contributed by atoms with Crippen molar-refractivity contribution in [3.8, 4) is 0 Å². The molecule has 10 amide bonds. The van der Waals surface area contributed by atoms with Crippen LogP contribution in [0.25, 0.3) is 0 Å². The standard InChI is InChI=1S/C23H37NO4SeSi.C17H33NO4Si.C16H31NO4Si.C12H23NO2Si.C11H23NO2Si.C7H11NO3.C5H9NO2.C5H11NO2/c1-21(2,3)28-20(26)24-17(16-27-30(8,9)22(4,5)6)15-23(7,19(24)25)29-18-13-11-10-12-14-18;1-12-10-13(11-21-23(8,9)17(5,6)7)18(14(12)19)15(20)22-16(2,3)4;1-15(2,3)21-14(19)17-12(9-10-13(17)18)11-20-22(7,8)16(4,5)6;1-9-7-10(13-11(9)14)8-15-16(5,6)12(2,3)4;1-11(2,3)15(4,5)14-8-9-6-7-10(13)12-9;1-2-11-7(10)5-3-4-6(9)8-5;7-3-4-1-2-5(8)6-4;1-4(6)2-3-5(7)8/h10-14,17H,15-16H2,1-9H3;12-13H,10-11H2,1-9H3;12H,9-11H2,1-8H3;7,10H,8H2,1-6H3,(H,13,14);9H,6-8H2,1-5H3,(H,12,13);5H,2-4H2,1H3,(H,8,9);4,7H,1-3H2,(H,6,8);4H,2-3,6H2,1H3,(H,7,8)/t17-,23-;12-,13-;12-;10-;9-;5-;2*4-/m00000001/s1/i7+0D3,15D;1+0D3,10D;9D,10D;1+0D3,7D;6D,7D;3D,4D;1D,2D;2D,3D/t15-,17-,23-;10-,12-,13-;9-,10+,12+;m;6-,7+,9+;3-,4+,5+;1-,2+,4+;2-,3+,4-/m00101111. The first-order valence-corrected chi connectivity index (χ1v) is 60.8. The Bertz CT molecular complexity index is 4920. The number of amides is 10. The number of aliphatic hydroxyl groups excluding tert-OH is 1. The zero-order valence-corrected chi connectivity index (χ0v) is 92.5. The number of nitrogens with zero attached hydrogens (tertiary/aromatic N) is 3. The number of aliphatic carboxylic acids is 1. The van der Waals surface area contributed by atoms with Crippen LogP contribution in [0.15, 0.2) is 42.0 Å². The van der Waals surface area contributed by atoms with Gasteiger partial charge in [0, 0.05) is 72.8 Å². The van der Waals surface area contributed by atoms with Crippen LogP contribution in [0.1, 0.15) is 307 Å². The number of benzene rings is 1. The number of carboxylic acids is 1. The second-order valence-corrected chi connectivity index (χ2v) is 70.1. The average Bonchev–Trinajstić information content (AvgIpc) is 1.55. The van der Waals surface area contributed by atoms with Crippen molar-refractivity contribution in [2.24, 2.45) is 11.7 Å². The van der Waals surface area contributed by atoms with Crippen molar-refractivity contribution in [2.75, 3.05) is 46.2 Å². The zero-order chi connectivity index (χ0) is 122. The topological polar surface area (TPSA) is 412 Å². The summed E-state index contributed by atoms with van der Waals surface area (Å²) in [6.07, 6.45) is -16.0. The van der Waals surface area contributed by atoms with Crippen LogP contribution in [0.3, 0.4) is 0 Å². The van der Waals surface area contributed by atoms with Gasteiger partial charge in [0.1, 0.15) is 17.2 Å². The van der Waals surface area contributed by atoms with Gasteiger partial charge in [0.15, 0.2) is 33.3 Å². The first kappa shape index (κ1) is 90.7. The second kappa shape index (κ2) is 51.7. The molecular formula is C96H178N8O23SeSi5. The van der Waals surface area contributed by atoms with E-state index >= 15 is 0 Å². The summed E-state index contributed by atoms with van der Waals surface area (Å²) in [6, 6.07) is 2.75. The van der Waals surface area contributed by atoms with Crippen LogP contribution in [-0.4, -0.2) is 264 Å². The maximum absolute atomic E-state index is 13.9. The zero-order valence-electron chi connectivity index (χ0n) is 108. The van der Waals surface area contributed by atoms with Crippen molar-refractivity contribution in [2.45, 2.75) is 437 Å². The average molecular weight is 2050 g/mol. The Hall–Kier alpha value is -6.08. The van der Waals surface area contributed by atoms with Crippen LogP contribution >= 0.6 is 0 Å². The molecule has 0 aliphatic carbocycles. The van der Waals surface area contributed by atoms with E-state index < -0.39 is 294 Å². The molecule has 0 spiro atoms. The first-order chi connectivity index (χ1) is 69.2. The number of carbonyl (C=O) groups is 12. The third kappa shape index (κ3) is 43.9. The van der Waals surface area contributed by atoms with E-state index in [1.807, 2.05) is 47.0 Å². The van der Waals surface area contributed by atoms with E-state index in [0.29, 0.717) is 11.1 Å². The molecule has 1 aromatic rings. The molecular weight excluding hydrogens is 1850 g/mol. The number of ether oxygens (including phenoxy) is 4. The van der Waals surface area contributed by atoms with Crippen LogP contribution < -0.4 is 31.5 Å². The van der Waals surface area contributed by atoms with Gasteiger partial charge in [-0.05, 0) is 173 Å². The predicted molar refractivity (Wildman–Crippen MR) is 538 cm³/mol. The summed E-state index contributed by atoms with van der Waals surface area (Å²) in [5.41, 5.74) is 2.30. The quantitative estimate of drug-likeness (QED) is 0.0304. The Labute approximate surface area is 841 Å². The molecule has 31 nitrogen and oxygen atoms in total. The van der Waals surface area contributed by atoms with Gasteiger partial charge in [-0.3, -0.25) is 33.6 Å². The molecule has 22 atom stereocenters. The van der Waals surface area contributed by atoms with Gasteiger partial charge in [-0.1, -0.05) is 96.0 Å². The van der Waals surface area contributed by atoms with Gasteiger partial charge in [0.05, 0.1) is 71.2 Å². The Balaban J connectivity index is 0.000000912. The third-order valence-electron chi connectivity index (χ3n) is 23.0. The van der Waals surface area contributed by atoms with E-state index in [4.69, 9.17) is 82.4 Å². The number of hydrogen-bond acceptors (Lipinski definition) is 23. The molecule has 0 aromatic heterocycles. The summed E-state index contributed by atoms with van der Waals surface area (Å²) in [7, 11) is -10.5. The summed E-state index contributed by atoms with van der Waals surface area (Å²) in [6.45, 7) is 62.7. The van der Waals surface area contributed by atoms with Crippen LogP contribution in [-0.2, 0) is 84.2 Å². The number of esters is 1. The number of aliphatic hydroxyl groups is 1. The summed E-state index contributed by atoms with van der Waals surface area (Å²) in [5, 5.41) is 26.4. The van der Waals surface area contributed by atoms with E-state index in [9.17, 15) is 57.5 Å². The van der Waals surface area contributed by atoms with Gasteiger partial charge in [-0.25, -0.2) is 24.2 Å². The molecule has 0 bridgehead atoms. The van der Waals surface area contributed by atoms with Gasteiger partial charge in [-0.15, -0.1) is 0 Å². The van der Waals surface area contributed by atoms with Crippen molar-refractivity contribution in [3.63, 3.8) is 0 Å². The van der Waals surface area contributed by atoms with Gasteiger partial charge in [0.2, 0.25) is 35.4 Å².